The Morgan fingerprint density at radius 1 is 1.11 bits per heavy atom. The first-order valence-corrected chi connectivity index (χ1v) is 9.80. The van der Waals surface area contributed by atoms with Gasteiger partial charge in [0, 0.05) is 23.3 Å². The van der Waals surface area contributed by atoms with E-state index in [1.807, 2.05) is 37.3 Å². The van der Waals surface area contributed by atoms with Gasteiger partial charge in [-0.3, -0.25) is 0 Å². The van der Waals surface area contributed by atoms with Crippen LogP contribution in [-0.4, -0.2) is 21.9 Å². The fraction of sp³-hybridized carbons (Fsp3) is 0.190. The van der Waals surface area contributed by atoms with Crippen molar-refractivity contribution in [1.82, 2.24) is 14.8 Å². The summed E-state index contributed by atoms with van der Waals surface area (Å²) in [6, 6.07) is 17.2. The minimum Gasteiger partial charge on any atom is -0.497 e. The third-order valence-corrected chi connectivity index (χ3v) is 5.50. The minimum absolute atomic E-state index is 0.377. The summed E-state index contributed by atoms with van der Waals surface area (Å²) in [5.74, 6) is 2.09. The fourth-order valence-electron chi connectivity index (χ4n) is 3.02. The van der Waals surface area contributed by atoms with Crippen LogP contribution in [0.3, 0.4) is 0 Å². The van der Waals surface area contributed by atoms with Crippen LogP contribution in [0.2, 0.25) is 0 Å². The zero-order valence-corrected chi connectivity index (χ0v) is 16.4. The van der Waals surface area contributed by atoms with Crippen molar-refractivity contribution in [3.63, 3.8) is 0 Å². The molecule has 0 unspecified atom stereocenters. The number of ether oxygens (including phenoxy) is 1. The summed E-state index contributed by atoms with van der Waals surface area (Å²) in [4.78, 5) is 12.0. The molecular weight excluding hydrogens is 374 g/mol. The molecule has 0 fully saturated rings. The van der Waals surface area contributed by atoms with Gasteiger partial charge in [-0.05, 0) is 30.2 Å². The van der Waals surface area contributed by atoms with Crippen molar-refractivity contribution in [3.05, 3.63) is 82.0 Å². The van der Waals surface area contributed by atoms with Crippen molar-refractivity contribution >= 4 is 22.7 Å². The average Bonchev–Trinajstić information content (AvgIpc) is 3.05. The second-order valence-corrected chi connectivity index (χ2v) is 7.29. The average molecular weight is 393 g/mol. The van der Waals surface area contributed by atoms with Crippen LogP contribution in [0, 0.1) is 6.92 Å². The zero-order valence-electron chi connectivity index (χ0n) is 15.6. The number of hydrogen-bond acceptors (Lipinski definition) is 6. The lowest BCUT2D eigenvalue weighted by atomic mass is 10.1. The summed E-state index contributed by atoms with van der Waals surface area (Å²) in [5.41, 5.74) is 2.22. The molecule has 2 aromatic carbocycles. The Morgan fingerprint density at radius 3 is 2.71 bits per heavy atom. The SMILES string of the molecule is COc1ccc2c(CSc3nnc(C)n3Cc3ccccc3)cc(=O)oc2c1. The van der Waals surface area contributed by atoms with Crippen LogP contribution in [0.5, 0.6) is 5.75 Å². The summed E-state index contributed by atoms with van der Waals surface area (Å²) in [7, 11) is 1.58. The number of fused-ring (bicyclic) bond motifs is 1. The van der Waals surface area contributed by atoms with Gasteiger partial charge in [0.1, 0.15) is 17.2 Å². The maximum atomic E-state index is 12.0. The van der Waals surface area contributed by atoms with E-state index in [0.29, 0.717) is 23.6 Å². The van der Waals surface area contributed by atoms with Gasteiger partial charge in [-0.15, -0.1) is 10.2 Å². The zero-order chi connectivity index (χ0) is 19.5. The van der Waals surface area contributed by atoms with Crippen molar-refractivity contribution in [2.75, 3.05) is 7.11 Å². The Labute approximate surface area is 166 Å². The molecule has 0 aliphatic rings. The Hall–Kier alpha value is -3.06. The van der Waals surface area contributed by atoms with Crippen LogP contribution in [0.4, 0.5) is 0 Å². The van der Waals surface area contributed by atoms with Crippen LogP contribution in [-0.2, 0) is 12.3 Å². The molecule has 0 aliphatic carbocycles. The molecule has 2 aromatic heterocycles. The summed E-state index contributed by atoms with van der Waals surface area (Å²) < 4.78 is 12.6. The number of nitrogens with zero attached hydrogens (tertiary/aromatic N) is 3. The summed E-state index contributed by atoms with van der Waals surface area (Å²) >= 11 is 1.55. The van der Waals surface area contributed by atoms with E-state index in [1.165, 1.54) is 11.6 Å². The molecule has 0 N–H and O–H groups in total. The maximum absolute atomic E-state index is 12.0. The Balaban J connectivity index is 1.61. The Kier molecular flexibility index (Phi) is 5.16. The normalized spacial score (nSPS) is 11.1. The Bertz CT molecular complexity index is 1170. The van der Waals surface area contributed by atoms with Crippen molar-refractivity contribution in [2.24, 2.45) is 0 Å². The number of hydrogen-bond donors (Lipinski definition) is 0. The van der Waals surface area contributed by atoms with Gasteiger partial charge in [-0.1, -0.05) is 42.1 Å². The van der Waals surface area contributed by atoms with E-state index in [-0.39, 0.29) is 5.63 Å². The lowest BCUT2D eigenvalue weighted by Crippen LogP contribution is -2.04. The molecule has 4 aromatic rings. The number of thioether (sulfide) groups is 1. The molecule has 6 nitrogen and oxygen atoms in total. The van der Waals surface area contributed by atoms with Gasteiger partial charge in [0.25, 0.3) is 0 Å². The molecule has 4 rings (SSSR count). The lowest BCUT2D eigenvalue weighted by Gasteiger charge is -2.09. The van der Waals surface area contributed by atoms with Crippen LogP contribution in [0.1, 0.15) is 17.0 Å². The van der Waals surface area contributed by atoms with Gasteiger partial charge in [0.2, 0.25) is 0 Å². The van der Waals surface area contributed by atoms with Crippen LogP contribution in [0.15, 0.2) is 69.0 Å². The van der Waals surface area contributed by atoms with E-state index in [1.54, 1.807) is 24.9 Å². The van der Waals surface area contributed by atoms with Gasteiger partial charge < -0.3 is 13.7 Å². The first kappa shape index (κ1) is 18.3. The molecule has 0 amide bonds. The van der Waals surface area contributed by atoms with Gasteiger partial charge in [-0.2, -0.15) is 0 Å². The lowest BCUT2D eigenvalue weighted by molar-refractivity contribution is 0.414. The maximum Gasteiger partial charge on any atom is 0.336 e. The van der Waals surface area contributed by atoms with E-state index >= 15 is 0 Å². The smallest absolute Gasteiger partial charge is 0.336 e. The van der Waals surface area contributed by atoms with E-state index in [9.17, 15) is 4.79 Å². The molecular formula is C21H19N3O3S. The molecule has 0 radical (unpaired) electrons. The molecule has 28 heavy (non-hydrogen) atoms. The topological polar surface area (TPSA) is 70.2 Å². The molecule has 0 spiro atoms. The summed E-state index contributed by atoms with van der Waals surface area (Å²) in [5, 5.41) is 10.2. The molecule has 7 heteroatoms. The van der Waals surface area contributed by atoms with Crippen molar-refractivity contribution < 1.29 is 9.15 Å². The second kappa shape index (κ2) is 7.90. The third kappa shape index (κ3) is 3.80. The van der Waals surface area contributed by atoms with E-state index in [0.717, 1.165) is 21.9 Å². The van der Waals surface area contributed by atoms with Gasteiger partial charge >= 0.3 is 5.63 Å². The first-order chi connectivity index (χ1) is 13.6. The number of rotatable bonds is 6. The number of aromatic nitrogens is 3. The fourth-order valence-corrected chi connectivity index (χ4v) is 3.99. The van der Waals surface area contributed by atoms with E-state index in [4.69, 9.17) is 9.15 Å². The molecule has 2 heterocycles. The van der Waals surface area contributed by atoms with Crippen molar-refractivity contribution in [1.29, 1.82) is 0 Å². The quantitative estimate of drug-likeness (QED) is 0.364. The molecule has 0 saturated carbocycles. The number of methoxy groups -OCH3 is 1. The highest BCUT2D eigenvalue weighted by Gasteiger charge is 2.13. The van der Waals surface area contributed by atoms with Crippen molar-refractivity contribution in [2.45, 2.75) is 24.4 Å². The van der Waals surface area contributed by atoms with Crippen LogP contribution < -0.4 is 10.4 Å². The number of benzene rings is 2. The summed E-state index contributed by atoms with van der Waals surface area (Å²) in [6.45, 7) is 2.65. The molecule has 0 aliphatic heterocycles. The number of aryl methyl sites for hydroxylation is 1. The third-order valence-electron chi connectivity index (χ3n) is 4.48. The minimum atomic E-state index is -0.377. The second-order valence-electron chi connectivity index (χ2n) is 6.34. The van der Waals surface area contributed by atoms with Crippen molar-refractivity contribution in [3.8, 4) is 5.75 Å². The molecule has 142 valence electrons. The van der Waals surface area contributed by atoms with E-state index in [2.05, 4.69) is 26.9 Å². The van der Waals surface area contributed by atoms with E-state index < -0.39 is 0 Å². The largest absolute Gasteiger partial charge is 0.497 e. The molecule has 0 bridgehead atoms. The van der Waals surface area contributed by atoms with Crippen LogP contribution >= 0.6 is 11.8 Å². The van der Waals surface area contributed by atoms with Gasteiger partial charge in [-0.25, -0.2) is 4.79 Å². The first-order valence-electron chi connectivity index (χ1n) is 8.81. The predicted molar refractivity (Wildman–Crippen MR) is 109 cm³/mol. The molecule has 0 saturated heterocycles. The highest BCUT2D eigenvalue weighted by molar-refractivity contribution is 7.98. The van der Waals surface area contributed by atoms with Gasteiger partial charge in [0.15, 0.2) is 5.16 Å². The predicted octanol–water partition coefficient (Wildman–Crippen LogP) is 4.04. The standard InChI is InChI=1S/C21H19N3O3S/c1-14-22-23-21(24(14)12-15-6-4-3-5-7-15)28-13-16-10-20(25)27-19-11-17(26-2)8-9-18(16)19/h3-11H,12-13H2,1-2H3. The van der Waals surface area contributed by atoms with Crippen LogP contribution in [0.25, 0.3) is 11.0 Å². The molecule has 0 atom stereocenters. The summed E-state index contributed by atoms with van der Waals surface area (Å²) in [6.07, 6.45) is 0. The highest BCUT2D eigenvalue weighted by Crippen LogP contribution is 2.28. The Morgan fingerprint density at radius 2 is 1.93 bits per heavy atom. The monoisotopic (exact) mass is 393 g/mol. The highest BCUT2D eigenvalue weighted by atomic mass is 32.2. The van der Waals surface area contributed by atoms with Gasteiger partial charge in [0.05, 0.1) is 13.7 Å².